The van der Waals surface area contributed by atoms with Crippen LogP contribution in [0, 0.1) is 6.07 Å². The van der Waals surface area contributed by atoms with Crippen LogP contribution < -0.4 is 0 Å². The maximum absolute atomic E-state index is 3.00. The molecule has 0 bridgehead atoms. The molecule has 0 aromatic heterocycles. The fraction of sp³-hybridized carbons (Fsp3) is 0.400. The Morgan fingerprint density at radius 3 is 1.82 bits per heavy atom. The van der Waals surface area contributed by atoms with Crippen molar-refractivity contribution in [1.82, 2.24) is 0 Å². The third-order valence-electron chi connectivity index (χ3n) is 1.58. The summed E-state index contributed by atoms with van der Waals surface area (Å²) in [6, 6.07) is 11.1. The minimum atomic E-state index is 0. The van der Waals surface area contributed by atoms with E-state index >= 15 is 0 Å². The van der Waals surface area contributed by atoms with Crippen molar-refractivity contribution in [1.29, 1.82) is 0 Å². The van der Waals surface area contributed by atoms with E-state index < -0.39 is 0 Å². The van der Waals surface area contributed by atoms with Gasteiger partial charge >= 0.3 is 0 Å². The predicted molar refractivity (Wildman–Crippen MR) is 47.6 cm³/mol. The smallest absolute Gasteiger partial charge is 0.0132 e. The molecular weight excluding hydrogens is 136 g/mol. The number of hydrogen-bond donors (Lipinski definition) is 0. The zero-order chi connectivity index (χ0) is 7.61. The lowest BCUT2D eigenvalue weighted by Crippen LogP contribution is -2.10. The normalized spacial score (nSPS) is 10.5. The molecule has 61 valence electrons. The molecule has 0 aliphatic heterocycles. The molecule has 0 unspecified atom stereocenters. The van der Waals surface area contributed by atoms with E-state index in [-0.39, 0.29) is 10.9 Å². The SMILES string of the molecule is CC(C)(C)c1cc[c]cc1.O. The molecule has 1 heteroatoms. The third-order valence-corrected chi connectivity index (χ3v) is 1.58. The summed E-state index contributed by atoms with van der Waals surface area (Å²) >= 11 is 0. The van der Waals surface area contributed by atoms with E-state index in [1.54, 1.807) is 0 Å². The summed E-state index contributed by atoms with van der Waals surface area (Å²) in [5.74, 6) is 0. The summed E-state index contributed by atoms with van der Waals surface area (Å²) in [6.45, 7) is 6.63. The van der Waals surface area contributed by atoms with E-state index in [2.05, 4.69) is 39.0 Å². The lowest BCUT2D eigenvalue weighted by Gasteiger charge is -2.17. The highest BCUT2D eigenvalue weighted by Gasteiger charge is 2.11. The summed E-state index contributed by atoms with van der Waals surface area (Å²) in [5, 5.41) is 0. The Kier molecular flexibility index (Phi) is 3.27. The molecule has 0 heterocycles. The number of benzene rings is 1. The lowest BCUT2D eigenvalue weighted by atomic mass is 9.87. The predicted octanol–water partition coefficient (Wildman–Crippen LogP) is 1.96. The number of hydrogen-bond acceptors (Lipinski definition) is 0. The Labute approximate surface area is 68.4 Å². The summed E-state index contributed by atoms with van der Waals surface area (Å²) in [5.41, 5.74) is 1.64. The molecule has 0 amide bonds. The van der Waals surface area contributed by atoms with Crippen LogP contribution in [0.5, 0.6) is 0 Å². The van der Waals surface area contributed by atoms with E-state index in [9.17, 15) is 0 Å². The Balaban J connectivity index is 0.000001000. The van der Waals surface area contributed by atoms with Gasteiger partial charge in [0.05, 0.1) is 0 Å². The average molecular weight is 151 g/mol. The van der Waals surface area contributed by atoms with Gasteiger partial charge in [0.2, 0.25) is 0 Å². The second-order valence-electron chi connectivity index (χ2n) is 3.54. The van der Waals surface area contributed by atoms with Gasteiger partial charge in [-0.3, -0.25) is 0 Å². The van der Waals surface area contributed by atoms with Crippen molar-refractivity contribution >= 4 is 0 Å². The van der Waals surface area contributed by atoms with Crippen molar-refractivity contribution in [2.75, 3.05) is 0 Å². The molecule has 0 saturated carbocycles. The molecule has 1 aromatic rings. The van der Waals surface area contributed by atoms with Gasteiger partial charge in [-0.15, -0.1) is 0 Å². The standard InChI is InChI=1S/C10H13.H2O/c1-10(2,3)9-7-5-4-6-8-9;/h5-8H,1-3H3;1H2. The maximum atomic E-state index is 3.00. The molecule has 1 radical (unpaired) electrons. The topological polar surface area (TPSA) is 31.5 Å². The lowest BCUT2D eigenvalue weighted by molar-refractivity contribution is 0.590. The van der Waals surface area contributed by atoms with Crippen LogP contribution in [0.4, 0.5) is 0 Å². The Hall–Kier alpha value is -0.820. The zero-order valence-corrected chi connectivity index (χ0v) is 7.31. The van der Waals surface area contributed by atoms with Gasteiger partial charge in [0.1, 0.15) is 0 Å². The fourth-order valence-electron chi connectivity index (χ4n) is 0.887. The summed E-state index contributed by atoms with van der Waals surface area (Å²) in [6.07, 6.45) is 0. The second-order valence-corrected chi connectivity index (χ2v) is 3.54. The molecule has 0 spiro atoms. The van der Waals surface area contributed by atoms with E-state index in [4.69, 9.17) is 0 Å². The van der Waals surface area contributed by atoms with Crippen LogP contribution in [0.25, 0.3) is 0 Å². The first-order valence-corrected chi connectivity index (χ1v) is 3.57. The van der Waals surface area contributed by atoms with Gasteiger partial charge in [0.15, 0.2) is 0 Å². The Morgan fingerprint density at radius 2 is 1.55 bits per heavy atom. The van der Waals surface area contributed by atoms with Gasteiger partial charge in [0, 0.05) is 0 Å². The monoisotopic (exact) mass is 151 g/mol. The van der Waals surface area contributed by atoms with Crippen LogP contribution in [-0.2, 0) is 5.41 Å². The van der Waals surface area contributed by atoms with Crippen molar-refractivity contribution in [2.45, 2.75) is 26.2 Å². The summed E-state index contributed by atoms with van der Waals surface area (Å²) < 4.78 is 0. The minimum Gasteiger partial charge on any atom is -0.412 e. The second kappa shape index (κ2) is 3.54. The highest BCUT2D eigenvalue weighted by atomic mass is 16.0. The minimum absolute atomic E-state index is 0. The molecule has 11 heavy (non-hydrogen) atoms. The molecular formula is C10H15O. The first-order chi connectivity index (χ1) is 4.61. The molecule has 0 atom stereocenters. The van der Waals surface area contributed by atoms with Gasteiger partial charge in [-0.05, 0) is 17.0 Å². The molecule has 1 rings (SSSR count). The Morgan fingerprint density at radius 1 is 1.09 bits per heavy atom. The van der Waals surface area contributed by atoms with Gasteiger partial charge in [0.25, 0.3) is 0 Å². The molecule has 1 aromatic carbocycles. The Bertz CT molecular complexity index is 196. The van der Waals surface area contributed by atoms with Crippen LogP contribution in [0.2, 0.25) is 0 Å². The highest BCUT2D eigenvalue weighted by molar-refractivity contribution is 5.21. The van der Waals surface area contributed by atoms with E-state index in [0.29, 0.717) is 0 Å². The van der Waals surface area contributed by atoms with Crippen LogP contribution in [0.15, 0.2) is 24.3 Å². The molecule has 0 fully saturated rings. The molecule has 0 saturated heterocycles. The van der Waals surface area contributed by atoms with E-state index in [0.717, 1.165) is 0 Å². The highest BCUT2D eigenvalue weighted by Crippen LogP contribution is 2.20. The largest absolute Gasteiger partial charge is 0.412 e. The first-order valence-electron chi connectivity index (χ1n) is 3.57. The van der Waals surface area contributed by atoms with Crippen molar-refractivity contribution < 1.29 is 5.48 Å². The van der Waals surface area contributed by atoms with Crippen LogP contribution in [-0.4, -0.2) is 5.48 Å². The fourth-order valence-corrected chi connectivity index (χ4v) is 0.887. The number of rotatable bonds is 0. The van der Waals surface area contributed by atoms with Crippen molar-refractivity contribution in [2.24, 2.45) is 0 Å². The van der Waals surface area contributed by atoms with Gasteiger partial charge in [-0.2, -0.15) is 0 Å². The molecule has 1 nitrogen and oxygen atoms in total. The molecule has 2 N–H and O–H groups in total. The van der Waals surface area contributed by atoms with Crippen LogP contribution in [0.1, 0.15) is 26.3 Å². The average Bonchev–Trinajstić information content (AvgIpc) is 1.88. The zero-order valence-electron chi connectivity index (χ0n) is 7.31. The van der Waals surface area contributed by atoms with Crippen molar-refractivity contribution in [3.8, 4) is 0 Å². The quantitative estimate of drug-likeness (QED) is 0.543. The van der Waals surface area contributed by atoms with Gasteiger partial charge in [-0.1, -0.05) is 45.0 Å². The van der Waals surface area contributed by atoms with Gasteiger partial charge < -0.3 is 5.48 Å². The third kappa shape index (κ3) is 2.72. The molecule has 0 aliphatic rings. The van der Waals surface area contributed by atoms with Gasteiger partial charge in [-0.25, -0.2) is 0 Å². The van der Waals surface area contributed by atoms with Crippen molar-refractivity contribution in [3.05, 3.63) is 35.9 Å². The van der Waals surface area contributed by atoms with E-state index in [1.807, 2.05) is 12.1 Å². The summed E-state index contributed by atoms with van der Waals surface area (Å²) in [4.78, 5) is 0. The first kappa shape index (κ1) is 10.2. The van der Waals surface area contributed by atoms with Crippen molar-refractivity contribution in [3.63, 3.8) is 0 Å². The summed E-state index contributed by atoms with van der Waals surface area (Å²) in [7, 11) is 0. The molecule has 0 aliphatic carbocycles. The maximum Gasteiger partial charge on any atom is -0.0132 e. The van der Waals surface area contributed by atoms with E-state index in [1.165, 1.54) is 5.56 Å². The van der Waals surface area contributed by atoms with Crippen LogP contribution in [0.3, 0.4) is 0 Å². The van der Waals surface area contributed by atoms with Crippen LogP contribution >= 0.6 is 0 Å².